The van der Waals surface area contributed by atoms with E-state index in [4.69, 9.17) is 10.2 Å². The van der Waals surface area contributed by atoms with E-state index in [1.165, 1.54) is 0 Å². The quantitative estimate of drug-likeness (QED) is 0.477. The zero-order valence-electron chi connectivity index (χ0n) is 16.2. The van der Waals surface area contributed by atoms with Gasteiger partial charge in [-0.25, -0.2) is 0 Å². The molecule has 1 rings (SSSR count). The van der Waals surface area contributed by atoms with Gasteiger partial charge in [0.2, 0.25) is 16.9 Å². The minimum absolute atomic E-state index is 0.0254. The lowest BCUT2D eigenvalue weighted by molar-refractivity contribution is -0.136. The van der Waals surface area contributed by atoms with E-state index in [2.05, 4.69) is 39.2 Å². The Labute approximate surface area is 155 Å². The Morgan fingerprint density at radius 2 is 1.92 bits per heavy atom. The van der Waals surface area contributed by atoms with Crippen LogP contribution in [-0.4, -0.2) is 61.8 Å². The number of hydrogen-bond acceptors (Lipinski definition) is 6. The topological polar surface area (TPSA) is 102 Å². The molecule has 0 spiro atoms. The van der Waals surface area contributed by atoms with E-state index in [-0.39, 0.29) is 46.5 Å². The molecule has 0 bridgehead atoms. The summed E-state index contributed by atoms with van der Waals surface area (Å²) in [6.45, 7) is 12.8. The SMILES string of the molecule is C[C@@H](O[Si](C)(C)C(C)(C)C)[C@H]1C(=O)N[C@@H]1SC(=O)CN(C)CC(N)=O. The predicted molar refractivity (Wildman–Crippen MR) is 102 cm³/mol. The van der Waals surface area contributed by atoms with E-state index < -0.39 is 14.2 Å². The van der Waals surface area contributed by atoms with Crippen LogP contribution in [-0.2, 0) is 18.8 Å². The van der Waals surface area contributed by atoms with Gasteiger partial charge >= 0.3 is 0 Å². The van der Waals surface area contributed by atoms with Gasteiger partial charge in [0.15, 0.2) is 8.32 Å². The highest BCUT2D eigenvalue weighted by atomic mass is 32.2. The zero-order valence-corrected chi connectivity index (χ0v) is 18.0. The van der Waals surface area contributed by atoms with E-state index in [1.54, 1.807) is 11.9 Å². The number of likely N-dealkylation sites (N-methyl/N-ethyl adjacent to an activating group) is 1. The Hall–Kier alpha value is -0.903. The zero-order chi connectivity index (χ0) is 19.6. The lowest BCUT2D eigenvalue weighted by atomic mass is 9.96. The van der Waals surface area contributed by atoms with Crippen molar-refractivity contribution in [2.24, 2.45) is 11.7 Å². The fraction of sp³-hybridized carbons (Fsp3) is 0.812. The lowest BCUT2D eigenvalue weighted by Gasteiger charge is -2.44. The van der Waals surface area contributed by atoms with Crippen LogP contribution in [0.4, 0.5) is 0 Å². The number of nitrogens with one attached hydrogen (secondary N) is 1. The summed E-state index contributed by atoms with van der Waals surface area (Å²) in [6, 6.07) is 0. The number of nitrogens with two attached hydrogens (primary N) is 1. The van der Waals surface area contributed by atoms with E-state index in [1.807, 2.05) is 6.92 Å². The van der Waals surface area contributed by atoms with Crippen molar-refractivity contribution in [3.8, 4) is 0 Å². The molecule has 0 radical (unpaired) electrons. The molecule has 0 saturated carbocycles. The maximum atomic E-state index is 12.1. The Bertz CT molecular complexity index is 536. The minimum atomic E-state index is -1.99. The minimum Gasteiger partial charge on any atom is -0.413 e. The standard InChI is InChI=1S/C16H31N3O4SSi/c1-10(23-25(6,7)16(2,3)4)13-14(22)18-15(13)24-12(21)9-19(5)8-11(17)20/h10,13,15H,8-9H2,1-7H3,(H2,17,20)(H,18,22)/t10-,13+,15-/m1/s1. The van der Waals surface area contributed by atoms with Crippen molar-refractivity contribution in [2.45, 2.75) is 57.3 Å². The fourth-order valence-electron chi connectivity index (χ4n) is 2.37. The highest BCUT2D eigenvalue weighted by molar-refractivity contribution is 8.14. The molecule has 0 unspecified atom stereocenters. The van der Waals surface area contributed by atoms with Gasteiger partial charge in [0.25, 0.3) is 0 Å². The number of β-lactam (4-membered cyclic amide) rings is 1. The van der Waals surface area contributed by atoms with Crippen LogP contribution in [0.25, 0.3) is 0 Å². The molecule has 144 valence electrons. The van der Waals surface area contributed by atoms with E-state index in [0.717, 1.165) is 11.8 Å². The average molecular weight is 390 g/mol. The van der Waals surface area contributed by atoms with Gasteiger partial charge in [-0.2, -0.15) is 0 Å². The maximum absolute atomic E-state index is 12.1. The van der Waals surface area contributed by atoms with Crippen molar-refractivity contribution >= 4 is 37.0 Å². The molecule has 25 heavy (non-hydrogen) atoms. The van der Waals surface area contributed by atoms with Gasteiger partial charge in [-0.15, -0.1) is 0 Å². The third-order valence-electron chi connectivity index (χ3n) is 4.79. The summed E-state index contributed by atoms with van der Waals surface area (Å²) in [5.74, 6) is -0.905. The molecule has 1 saturated heterocycles. The summed E-state index contributed by atoms with van der Waals surface area (Å²) in [5, 5.41) is 2.42. The van der Waals surface area contributed by atoms with Gasteiger partial charge in [0.1, 0.15) is 0 Å². The molecular formula is C16H31N3O4SSi. The van der Waals surface area contributed by atoms with Crippen LogP contribution in [0, 0.1) is 5.92 Å². The van der Waals surface area contributed by atoms with Crippen LogP contribution in [0.3, 0.4) is 0 Å². The smallest absolute Gasteiger partial charge is 0.231 e. The van der Waals surface area contributed by atoms with E-state index in [0.29, 0.717) is 0 Å². The summed E-state index contributed by atoms with van der Waals surface area (Å²) >= 11 is 1.09. The van der Waals surface area contributed by atoms with Gasteiger partial charge in [0, 0.05) is 0 Å². The number of hydrogen-bond donors (Lipinski definition) is 2. The van der Waals surface area contributed by atoms with Crippen LogP contribution in [0.1, 0.15) is 27.7 Å². The second kappa shape index (κ2) is 8.19. The maximum Gasteiger partial charge on any atom is 0.231 e. The monoisotopic (exact) mass is 389 g/mol. The summed E-state index contributed by atoms with van der Waals surface area (Å²) in [5.41, 5.74) is 5.11. The average Bonchev–Trinajstić information content (AvgIpc) is 2.33. The molecule has 7 nitrogen and oxygen atoms in total. The molecule has 9 heteroatoms. The molecule has 2 amide bonds. The first-order chi connectivity index (χ1) is 11.2. The van der Waals surface area contributed by atoms with Crippen LogP contribution in [0.15, 0.2) is 0 Å². The van der Waals surface area contributed by atoms with Crippen molar-refractivity contribution in [2.75, 3.05) is 20.1 Å². The fourth-order valence-corrected chi connectivity index (χ4v) is 5.04. The number of thioether (sulfide) groups is 1. The summed E-state index contributed by atoms with van der Waals surface area (Å²) in [6.07, 6.45) is -0.247. The second-order valence-electron chi connectivity index (χ2n) is 8.17. The molecule has 0 aromatic rings. The van der Waals surface area contributed by atoms with Gasteiger partial charge in [-0.1, -0.05) is 32.5 Å². The van der Waals surface area contributed by atoms with Crippen molar-refractivity contribution < 1.29 is 18.8 Å². The highest BCUT2D eigenvalue weighted by Gasteiger charge is 2.48. The predicted octanol–water partition coefficient (Wildman–Crippen LogP) is 1.15. The molecule has 1 aliphatic rings. The van der Waals surface area contributed by atoms with E-state index in [9.17, 15) is 14.4 Å². The third-order valence-corrected chi connectivity index (χ3v) is 10.4. The van der Waals surface area contributed by atoms with Gasteiger partial charge in [-0.05, 0) is 32.1 Å². The number of carbonyl (C=O) groups excluding carboxylic acids is 3. The molecule has 0 aliphatic carbocycles. The van der Waals surface area contributed by atoms with E-state index >= 15 is 0 Å². The number of primary amides is 1. The van der Waals surface area contributed by atoms with Crippen molar-refractivity contribution in [1.82, 2.24) is 10.2 Å². The second-order valence-corrected chi connectivity index (χ2v) is 14.1. The normalized spacial score (nSPS) is 22.3. The first-order valence-corrected chi connectivity index (χ1v) is 12.2. The molecule has 1 aliphatic heterocycles. The van der Waals surface area contributed by atoms with Crippen molar-refractivity contribution in [1.29, 1.82) is 0 Å². The third kappa shape index (κ3) is 6.09. The Morgan fingerprint density at radius 1 is 1.36 bits per heavy atom. The van der Waals surface area contributed by atoms with Crippen LogP contribution in [0.5, 0.6) is 0 Å². The van der Waals surface area contributed by atoms with Crippen LogP contribution >= 0.6 is 11.8 Å². The lowest BCUT2D eigenvalue weighted by Crippen LogP contribution is -2.62. The molecule has 0 aromatic carbocycles. The summed E-state index contributed by atoms with van der Waals surface area (Å²) in [4.78, 5) is 36.6. The number of nitrogens with zero attached hydrogens (tertiary/aromatic N) is 1. The number of rotatable bonds is 8. The van der Waals surface area contributed by atoms with Crippen LogP contribution < -0.4 is 11.1 Å². The summed E-state index contributed by atoms with van der Waals surface area (Å²) in [7, 11) is -0.335. The Balaban J connectivity index is 2.61. The largest absolute Gasteiger partial charge is 0.413 e. The highest BCUT2D eigenvalue weighted by Crippen LogP contribution is 2.40. The van der Waals surface area contributed by atoms with Crippen molar-refractivity contribution in [3.05, 3.63) is 0 Å². The molecule has 1 heterocycles. The molecule has 3 N–H and O–H groups in total. The molecule has 0 aromatic heterocycles. The first kappa shape index (κ1) is 22.1. The number of carbonyl (C=O) groups is 3. The Morgan fingerprint density at radius 3 is 2.36 bits per heavy atom. The number of amides is 2. The van der Waals surface area contributed by atoms with Gasteiger partial charge < -0.3 is 15.5 Å². The molecular weight excluding hydrogens is 358 g/mol. The van der Waals surface area contributed by atoms with Crippen LogP contribution in [0.2, 0.25) is 18.1 Å². The van der Waals surface area contributed by atoms with Gasteiger partial charge in [0.05, 0.1) is 30.5 Å². The molecule has 3 atom stereocenters. The Kier molecular flexibility index (Phi) is 7.26. The molecule has 1 fully saturated rings. The van der Waals surface area contributed by atoms with Crippen molar-refractivity contribution in [3.63, 3.8) is 0 Å². The van der Waals surface area contributed by atoms with Gasteiger partial charge in [-0.3, -0.25) is 19.3 Å². The summed E-state index contributed by atoms with van der Waals surface area (Å²) < 4.78 is 6.30. The first-order valence-electron chi connectivity index (χ1n) is 8.39.